The van der Waals surface area contributed by atoms with Gasteiger partial charge in [-0.05, 0) is 6.92 Å². The second-order valence-corrected chi connectivity index (χ2v) is 2.20. The third kappa shape index (κ3) is 4.50. The average Bonchev–Trinajstić information content (AvgIpc) is 2.00. The molecule has 0 aromatic heterocycles. The highest BCUT2D eigenvalue weighted by Gasteiger charge is 1.96. The molecule has 0 rings (SSSR count). The summed E-state index contributed by atoms with van der Waals surface area (Å²) >= 11 is 0. The van der Waals surface area contributed by atoms with Gasteiger partial charge in [0, 0.05) is 20.6 Å². The van der Waals surface area contributed by atoms with Gasteiger partial charge < -0.3 is 10.0 Å². The van der Waals surface area contributed by atoms with Gasteiger partial charge in [-0.25, -0.2) is 4.99 Å². The van der Waals surface area contributed by atoms with Gasteiger partial charge in [0.05, 0.1) is 6.61 Å². The number of likely N-dealkylation sites (N-methyl/N-ethyl adjacent to an activating group) is 1. The molecule has 1 N–H and O–H groups in total. The summed E-state index contributed by atoms with van der Waals surface area (Å²) in [4.78, 5) is 9.58. The Morgan fingerprint density at radius 3 is 2.73 bits per heavy atom. The molecule has 0 atom stereocenters. The van der Waals surface area contributed by atoms with Crippen molar-refractivity contribution in [2.75, 3.05) is 27.2 Å². The summed E-state index contributed by atoms with van der Waals surface area (Å²) in [6.45, 7) is 2.62. The van der Waals surface area contributed by atoms with Crippen molar-refractivity contribution in [3.05, 3.63) is 0 Å². The predicted molar refractivity (Wildman–Crippen MR) is 47.2 cm³/mol. The molecule has 64 valence electrons. The molecule has 0 radical (unpaired) electrons. The van der Waals surface area contributed by atoms with Crippen LogP contribution in [-0.4, -0.2) is 49.4 Å². The van der Waals surface area contributed by atoms with Crippen molar-refractivity contribution in [2.45, 2.75) is 6.92 Å². The lowest BCUT2D eigenvalue weighted by molar-refractivity contribution is 0.263. The zero-order chi connectivity index (χ0) is 8.69. The number of amidine groups is 1. The molecule has 0 fully saturated rings. The summed E-state index contributed by atoms with van der Waals surface area (Å²) in [6.07, 6.45) is 1.49. The molecular weight excluding hydrogens is 142 g/mol. The number of hydrogen-bond acceptors (Lipinski definition) is 2. The molecule has 0 heterocycles. The maximum absolute atomic E-state index is 8.58. The van der Waals surface area contributed by atoms with Crippen LogP contribution in [0.15, 0.2) is 9.98 Å². The standard InChI is InChI=1S/C7H15N3O/c1-7(9-6-8-2)10(3)4-5-11/h6,11H,4-5H2,1-3H3. The van der Waals surface area contributed by atoms with Crippen LogP contribution in [0, 0.1) is 0 Å². The molecule has 0 unspecified atom stereocenters. The zero-order valence-corrected chi connectivity index (χ0v) is 7.28. The van der Waals surface area contributed by atoms with Crippen LogP contribution in [0.25, 0.3) is 0 Å². The van der Waals surface area contributed by atoms with Crippen molar-refractivity contribution in [3.8, 4) is 0 Å². The number of hydrogen-bond donors (Lipinski definition) is 1. The fourth-order valence-electron chi connectivity index (χ4n) is 0.552. The smallest absolute Gasteiger partial charge is 0.111 e. The van der Waals surface area contributed by atoms with Gasteiger partial charge in [-0.2, -0.15) is 0 Å². The van der Waals surface area contributed by atoms with E-state index < -0.39 is 0 Å². The average molecular weight is 157 g/mol. The van der Waals surface area contributed by atoms with E-state index in [2.05, 4.69) is 9.98 Å². The Kier molecular flexibility index (Phi) is 5.37. The molecule has 0 aromatic rings. The van der Waals surface area contributed by atoms with E-state index in [4.69, 9.17) is 5.11 Å². The minimum Gasteiger partial charge on any atom is -0.395 e. The van der Waals surface area contributed by atoms with E-state index in [1.165, 1.54) is 6.34 Å². The first kappa shape index (κ1) is 10.1. The fourth-order valence-corrected chi connectivity index (χ4v) is 0.552. The van der Waals surface area contributed by atoms with E-state index in [0.717, 1.165) is 5.84 Å². The van der Waals surface area contributed by atoms with Crippen LogP contribution < -0.4 is 0 Å². The van der Waals surface area contributed by atoms with Crippen molar-refractivity contribution in [3.63, 3.8) is 0 Å². The molecule has 0 aromatic carbocycles. The minimum atomic E-state index is 0.145. The number of aliphatic hydroxyl groups excluding tert-OH is 1. The van der Waals surface area contributed by atoms with Crippen LogP contribution in [0.5, 0.6) is 0 Å². The second-order valence-electron chi connectivity index (χ2n) is 2.20. The van der Waals surface area contributed by atoms with Gasteiger partial charge in [0.2, 0.25) is 0 Å². The molecular formula is C7H15N3O. The van der Waals surface area contributed by atoms with E-state index in [9.17, 15) is 0 Å². The number of aliphatic hydroxyl groups is 1. The summed E-state index contributed by atoms with van der Waals surface area (Å²) < 4.78 is 0. The number of aliphatic imine (C=N–C) groups is 2. The van der Waals surface area contributed by atoms with Crippen LogP contribution >= 0.6 is 0 Å². The van der Waals surface area contributed by atoms with E-state index in [1.54, 1.807) is 7.05 Å². The van der Waals surface area contributed by atoms with Gasteiger partial charge >= 0.3 is 0 Å². The summed E-state index contributed by atoms with van der Waals surface area (Å²) in [7, 11) is 3.54. The third-order valence-corrected chi connectivity index (χ3v) is 1.35. The van der Waals surface area contributed by atoms with Crippen LogP contribution in [-0.2, 0) is 0 Å². The summed E-state index contributed by atoms with van der Waals surface area (Å²) in [6, 6.07) is 0. The van der Waals surface area contributed by atoms with Crippen molar-refractivity contribution < 1.29 is 5.11 Å². The minimum absolute atomic E-state index is 0.145. The molecule has 0 aliphatic rings. The van der Waals surface area contributed by atoms with Crippen molar-refractivity contribution in [1.29, 1.82) is 0 Å². The Morgan fingerprint density at radius 1 is 1.64 bits per heavy atom. The Bertz CT molecular complexity index is 154. The quantitative estimate of drug-likeness (QED) is 0.462. The normalized spacial score (nSPS) is 12.5. The van der Waals surface area contributed by atoms with Gasteiger partial charge in [0.15, 0.2) is 0 Å². The molecule has 0 spiro atoms. The summed E-state index contributed by atoms with van der Waals surface area (Å²) in [5.74, 6) is 0.852. The van der Waals surface area contributed by atoms with Crippen LogP contribution in [0.2, 0.25) is 0 Å². The lowest BCUT2D eigenvalue weighted by Gasteiger charge is -2.15. The van der Waals surface area contributed by atoms with Gasteiger partial charge in [-0.15, -0.1) is 0 Å². The van der Waals surface area contributed by atoms with Gasteiger partial charge in [0.1, 0.15) is 12.2 Å². The molecule has 0 aliphatic heterocycles. The molecule has 0 bridgehead atoms. The Labute approximate surface area is 67.3 Å². The molecule has 4 nitrogen and oxygen atoms in total. The largest absolute Gasteiger partial charge is 0.395 e. The Balaban J connectivity index is 3.89. The zero-order valence-electron chi connectivity index (χ0n) is 7.28. The van der Waals surface area contributed by atoms with Crippen LogP contribution in [0.4, 0.5) is 0 Å². The molecule has 11 heavy (non-hydrogen) atoms. The molecule has 0 saturated heterocycles. The molecule has 4 heteroatoms. The summed E-state index contributed by atoms with van der Waals surface area (Å²) in [5.41, 5.74) is 0. The maximum atomic E-state index is 8.58. The van der Waals surface area contributed by atoms with E-state index in [-0.39, 0.29) is 6.61 Å². The Morgan fingerprint density at radius 2 is 2.27 bits per heavy atom. The monoisotopic (exact) mass is 157 g/mol. The Hall–Kier alpha value is -0.900. The highest BCUT2D eigenvalue weighted by Crippen LogP contribution is 1.84. The predicted octanol–water partition coefficient (Wildman–Crippen LogP) is -0.0130. The van der Waals surface area contributed by atoms with Crippen molar-refractivity contribution >= 4 is 12.2 Å². The van der Waals surface area contributed by atoms with E-state index in [1.807, 2.05) is 18.9 Å². The van der Waals surface area contributed by atoms with Crippen LogP contribution in [0.1, 0.15) is 6.92 Å². The highest BCUT2D eigenvalue weighted by atomic mass is 16.3. The van der Waals surface area contributed by atoms with Gasteiger partial charge in [-0.1, -0.05) is 0 Å². The first-order valence-electron chi connectivity index (χ1n) is 3.49. The molecule has 0 aliphatic carbocycles. The van der Waals surface area contributed by atoms with Gasteiger partial charge in [-0.3, -0.25) is 4.99 Å². The number of rotatable bonds is 3. The topological polar surface area (TPSA) is 48.2 Å². The summed E-state index contributed by atoms with van der Waals surface area (Å²) in [5, 5.41) is 8.58. The SMILES string of the molecule is CN=CN=C(C)N(C)CCO. The van der Waals surface area contributed by atoms with Gasteiger partial charge in [0.25, 0.3) is 0 Å². The lowest BCUT2D eigenvalue weighted by Crippen LogP contribution is -2.27. The highest BCUT2D eigenvalue weighted by molar-refractivity contribution is 5.86. The van der Waals surface area contributed by atoms with Crippen LogP contribution in [0.3, 0.4) is 0 Å². The first-order chi connectivity index (χ1) is 5.22. The third-order valence-electron chi connectivity index (χ3n) is 1.35. The van der Waals surface area contributed by atoms with E-state index in [0.29, 0.717) is 6.54 Å². The lowest BCUT2D eigenvalue weighted by atomic mass is 10.5. The maximum Gasteiger partial charge on any atom is 0.111 e. The first-order valence-corrected chi connectivity index (χ1v) is 3.49. The van der Waals surface area contributed by atoms with Crippen molar-refractivity contribution in [1.82, 2.24) is 4.90 Å². The van der Waals surface area contributed by atoms with Crippen molar-refractivity contribution in [2.24, 2.45) is 9.98 Å². The fraction of sp³-hybridized carbons (Fsp3) is 0.714. The van der Waals surface area contributed by atoms with E-state index >= 15 is 0 Å². The molecule has 0 amide bonds. The number of nitrogens with zero attached hydrogens (tertiary/aromatic N) is 3. The molecule has 0 saturated carbocycles. The second kappa shape index (κ2) is 5.85.